The number of benzene rings is 3. The summed E-state index contributed by atoms with van der Waals surface area (Å²) in [5.74, 6) is 0.149. The Morgan fingerprint density at radius 3 is 2.68 bits per heavy atom. The maximum atomic E-state index is 12.4. The molecular formula is C21H13Cl2N5O3. The Morgan fingerprint density at radius 1 is 1.10 bits per heavy atom. The third kappa shape index (κ3) is 4.40. The van der Waals surface area contributed by atoms with E-state index in [1.807, 2.05) is 18.2 Å². The predicted molar refractivity (Wildman–Crippen MR) is 120 cm³/mol. The van der Waals surface area contributed by atoms with Gasteiger partial charge in [0.05, 0.1) is 27.2 Å². The zero-order valence-corrected chi connectivity index (χ0v) is 17.2. The number of aromatic amines is 1. The van der Waals surface area contributed by atoms with Crippen LogP contribution in [0.5, 0.6) is 0 Å². The van der Waals surface area contributed by atoms with Crippen LogP contribution in [-0.4, -0.2) is 27.0 Å². The van der Waals surface area contributed by atoms with Gasteiger partial charge in [0.2, 0.25) is 0 Å². The molecule has 3 aromatic carbocycles. The number of nitrogens with one attached hydrogen (secondary N) is 2. The second kappa shape index (κ2) is 8.55. The molecule has 8 nitrogen and oxygen atoms in total. The first kappa shape index (κ1) is 20.5. The third-order valence-corrected chi connectivity index (χ3v) is 5.07. The van der Waals surface area contributed by atoms with Gasteiger partial charge in [-0.15, -0.1) is 0 Å². The zero-order valence-electron chi connectivity index (χ0n) is 15.7. The van der Waals surface area contributed by atoms with Crippen LogP contribution in [0.1, 0.15) is 15.9 Å². The van der Waals surface area contributed by atoms with Crippen molar-refractivity contribution in [3.8, 4) is 11.4 Å². The Hall–Kier alpha value is -3.75. The molecule has 0 aliphatic carbocycles. The maximum absolute atomic E-state index is 12.4. The summed E-state index contributed by atoms with van der Waals surface area (Å²) in [7, 11) is 0. The Morgan fingerprint density at radius 2 is 1.90 bits per heavy atom. The summed E-state index contributed by atoms with van der Waals surface area (Å²) < 4.78 is 0. The fourth-order valence-corrected chi connectivity index (χ4v) is 3.32. The number of carbonyl (C=O) groups is 1. The molecular weight excluding hydrogens is 441 g/mol. The molecule has 10 heteroatoms. The average molecular weight is 454 g/mol. The number of amides is 1. The van der Waals surface area contributed by atoms with E-state index in [2.05, 4.69) is 20.5 Å². The highest BCUT2D eigenvalue weighted by Crippen LogP contribution is 2.27. The molecule has 31 heavy (non-hydrogen) atoms. The lowest BCUT2D eigenvalue weighted by atomic mass is 10.2. The lowest BCUT2D eigenvalue weighted by Gasteiger charge is -2.00. The van der Waals surface area contributed by atoms with Gasteiger partial charge in [0.15, 0.2) is 0 Å². The summed E-state index contributed by atoms with van der Waals surface area (Å²) in [5, 5.41) is 15.4. The molecule has 0 spiro atoms. The molecule has 4 aromatic rings. The van der Waals surface area contributed by atoms with E-state index in [0.29, 0.717) is 33.0 Å². The van der Waals surface area contributed by atoms with E-state index in [0.717, 1.165) is 5.56 Å². The van der Waals surface area contributed by atoms with Crippen molar-refractivity contribution in [1.82, 2.24) is 15.4 Å². The molecule has 0 saturated carbocycles. The molecule has 0 aliphatic rings. The molecule has 0 radical (unpaired) electrons. The van der Waals surface area contributed by atoms with Gasteiger partial charge in [-0.3, -0.25) is 14.9 Å². The number of hydrogen-bond donors (Lipinski definition) is 2. The fourth-order valence-electron chi connectivity index (χ4n) is 2.91. The smallest absolute Gasteiger partial charge is 0.288 e. The van der Waals surface area contributed by atoms with Gasteiger partial charge in [-0.2, -0.15) is 5.10 Å². The van der Waals surface area contributed by atoms with E-state index in [1.165, 1.54) is 18.3 Å². The summed E-state index contributed by atoms with van der Waals surface area (Å²) in [4.78, 5) is 30.5. The van der Waals surface area contributed by atoms with Crippen LogP contribution in [0.3, 0.4) is 0 Å². The van der Waals surface area contributed by atoms with Crippen LogP contribution in [0.2, 0.25) is 10.0 Å². The van der Waals surface area contributed by atoms with Gasteiger partial charge in [0.1, 0.15) is 10.8 Å². The number of carbonyl (C=O) groups excluding carboxylic acids is 1. The largest absolute Gasteiger partial charge is 0.338 e. The number of halogens is 2. The van der Waals surface area contributed by atoms with Crippen molar-refractivity contribution in [1.29, 1.82) is 0 Å². The van der Waals surface area contributed by atoms with E-state index >= 15 is 0 Å². The molecule has 2 N–H and O–H groups in total. The number of imidazole rings is 1. The molecule has 0 saturated heterocycles. The summed E-state index contributed by atoms with van der Waals surface area (Å²) >= 11 is 12.0. The second-order valence-corrected chi connectivity index (χ2v) is 7.28. The van der Waals surface area contributed by atoms with Crippen molar-refractivity contribution in [2.75, 3.05) is 0 Å². The maximum Gasteiger partial charge on any atom is 0.288 e. The van der Waals surface area contributed by atoms with E-state index in [-0.39, 0.29) is 10.7 Å². The first-order chi connectivity index (χ1) is 14.9. The van der Waals surface area contributed by atoms with Crippen molar-refractivity contribution in [3.63, 3.8) is 0 Å². The minimum absolute atomic E-state index is 0.0233. The number of nitro benzene ring substituents is 1. The predicted octanol–water partition coefficient (Wildman–Crippen LogP) is 5.21. The number of hydrazone groups is 1. The van der Waals surface area contributed by atoms with Crippen LogP contribution in [0.4, 0.5) is 5.69 Å². The number of hydrogen-bond acceptors (Lipinski definition) is 5. The van der Waals surface area contributed by atoms with E-state index in [1.54, 1.807) is 30.3 Å². The molecule has 0 unspecified atom stereocenters. The Kier molecular flexibility index (Phi) is 5.66. The van der Waals surface area contributed by atoms with Crippen LogP contribution in [0, 0.1) is 10.1 Å². The van der Waals surface area contributed by atoms with Crippen LogP contribution < -0.4 is 5.43 Å². The second-order valence-electron chi connectivity index (χ2n) is 6.46. The molecule has 0 aliphatic heterocycles. The van der Waals surface area contributed by atoms with E-state index < -0.39 is 10.8 Å². The average Bonchev–Trinajstić information content (AvgIpc) is 3.18. The van der Waals surface area contributed by atoms with E-state index in [9.17, 15) is 14.9 Å². The molecule has 1 heterocycles. The standard InChI is InChI=1S/C21H13Cl2N5O3/c22-15-4-2-1-3-14(15)20-25-17-8-6-13(10-18(17)26-20)21(29)27-24-11-12-5-7-16(23)19(9-12)28(30)31/h1-11H,(H,25,26)(H,27,29)/b24-11+. The molecule has 1 aromatic heterocycles. The molecule has 0 bridgehead atoms. The molecule has 154 valence electrons. The summed E-state index contributed by atoms with van der Waals surface area (Å²) in [5.41, 5.74) is 5.05. The van der Waals surface area contributed by atoms with Crippen LogP contribution in [0.25, 0.3) is 22.4 Å². The minimum Gasteiger partial charge on any atom is -0.338 e. The van der Waals surface area contributed by atoms with Crippen molar-refractivity contribution in [3.05, 3.63) is 92.0 Å². The number of fused-ring (bicyclic) bond motifs is 1. The van der Waals surface area contributed by atoms with Gasteiger partial charge in [-0.05, 0) is 36.4 Å². The van der Waals surface area contributed by atoms with Gasteiger partial charge < -0.3 is 4.98 Å². The quantitative estimate of drug-likeness (QED) is 0.245. The number of aromatic nitrogens is 2. The first-order valence-corrected chi connectivity index (χ1v) is 9.70. The number of H-pyrrole nitrogens is 1. The minimum atomic E-state index is -0.589. The van der Waals surface area contributed by atoms with Crippen molar-refractivity contribution < 1.29 is 9.72 Å². The van der Waals surface area contributed by atoms with E-state index in [4.69, 9.17) is 23.2 Å². The molecule has 0 fully saturated rings. The highest BCUT2D eigenvalue weighted by Gasteiger charge is 2.13. The molecule has 0 atom stereocenters. The number of rotatable bonds is 5. The number of nitrogens with zero attached hydrogens (tertiary/aromatic N) is 3. The molecule has 1 amide bonds. The SMILES string of the molecule is O=C(N/N=C/c1ccc(Cl)c([N+](=O)[O-])c1)c1ccc2nc(-c3ccccc3Cl)[nH]c2c1. The lowest BCUT2D eigenvalue weighted by Crippen LogP contribution is -2.17. The van der Waals surface area contributed by atoms with Crippen LogP contribution >= 0.6 is 23.2 Å². The van der Waals surface area contributed by atoms with Crippen LogP contribution in [0.15, 0.2) is 65.8 Å². The normalized spacial score (nSPS) is 11.2. The van der Waals surface area contributed by atoms with Gasteiger partial charge in [0.25, 0.3) is 11.6 Å². The fraction of sp³-hybridized carbons (Fsp3) is 0. The van der Waals surface area contributed by atoms with Gasteiger partial charge in [0, 0.05) is 22.8 Å². The summed E-state index contributed by atoms with van der Waals surface area (Å²) in [6, 6.07) is 16.5. The highest BCUT2D eigenvalue weighted by molar-refractivity contribution is 6.33. The summed E-state index contributed by atoms with van der Waals surface area (Å²) in [6.45, 7) is 0. The Labute approximate surface area is 185 Å². The Bertz CT molecular complexity index is 1350. The van der Waals surface area contributed by atoms with Gasteiger partial charge in [-0.25, -0.2) is 10.4 Å². The Balaban J connectivity index is 1.52. The zero-order chi connectivity index (χ0) is 22.0. The van der Waals surface area contributed by atoms with Crippen molar-refractivity contribution >= 4 is 52.0 Å². The van der Waals surface area contributed by atoms with Crippen molar-refractivity contribution in [2.24, 2.45) is 5.10 Å². The van der Waals surface area contributed by atoms with Crippen LogP contribution in [-0.2, 0) is 0 Å². The first-order valence-electron chi connectivity index (χ1n) is 8.94. The highest BCUT2D eigenvalue weighted by atomic mass is 35.5. The number of nitro groups is 1. The lowest BCUT2D eigenvalue weighted by molar-refractivity contribution is -0.384. The van der Waals surface area contributed by atoms with Gasteiger partial charge >= 0.3 is 0 Å². The molecule has 4 rings (SSSR count). The monoisotopic (exact) mass is 453 g/mol. The van der Waals surface area contributed by atoms with Gasteiger partial charge in [-0.1, -0.05) is 41.4 Å². The topological polar surface area (TPSA) is 113 Å². The summed E-state index contributed by atoms with van der Waals surface area (Å²) in [6.07, 6.45) is 1.30. The van der Waals surface area contributed by atoms with Crippen molar-refractivity contribution in [2.45, 2.75) is 0 Å². The third-order valence-electron chi connectivity index (χ3n) is 4.42.